The van der Waals surface area contributed by atoms with Gasteiger partial charge in [-0.15, -0.1) is 23.1 Å². The molecular weight excluding hydrogens is 314 g/mol. The van der Waals surface area contributed by atoms with Gasteiger partial charge in [-0.2, -0.15) is 4.98 Å². The fourth-order valence-corrected chi connectivity index (χ4v) is 3.10. The number of aromatic nitrogens is 2. The molecule has 0 unspecified atom stereocenters. The van der Waals surface area contributed by atoms with Crippen LogP contribution in [0.2, 0.25) is 5.02 Å². The maximum Gasteiger partial charge on any atom is 0.260 e. The number of anilines is 1. The van der Waals surface area contributed by atoms with Crippen LogP contribution in [0.1, 0.15) is 5.82 Å². The van der Waals surface area contributed by atoms with Crippen LogP contribution in [0.3, 0.4) is 0 Å². The number of hydrogen-bond acceptors (Lipinski definition) is 6. The molecule has 2 heterocycles. The molecule has 20 heavy (non-hydrogen) atoms. The van der Waals surface area contributed by atoms with Crippen molar-refractivity contribution in [3.63, 3.8) is 0 Å². The number of halogens is 1. The molecule has 0 bridgehead atoms. The second-order valence-corrected chi connectivity index (χ2v) is 6.39. The minimum atomic E-state index is 0.468. The van der Waals surface area contributed by atoms with Crippen molar-refractivity contribution < 1.29 is 4.52 Å². The number of thiophene rings is 1. The number of nitrogens with two attached hydrogens (primary N) is 1. The monoisotopic (exact) mass is 323 g/mol. The molecule has 102 valence electrons. The van der Waals surface area contributed by atoms with Gasteiger partial charge >= 0.3 is 0 Å². The molecule has 0 aliphatic heterocycles. The Morgan fingerprint density at radius 2 is 2.05 bits per heavy atom. The molecular formula is C13H10ClN3OS2. The molecule has 1 aromatic carbocycles. The van der Waals surface area contributed by atoms with Gasteiger partial charge in [0.1, 0.15) is 0 Å². The highest BCUT2D eigenvalue weighted by Crippen LogP contribution is 2.30. The Bertz CT molecular complexity index is 708. The zero-order chi connectivity index (χ0) is 13.9. The normalized spacial score (nSPS) is 10.8. The van der Waals surface area contributed by atoms with Crippen molar-refractivity contribution in [3.05, 3.63) is 46.6 Å². The van der Waals surface area contributed by atoms with Crippen LogP contribution < -0.4 is 5.73 Å². The van der Waals surface area contributed by atoms with Crippen molar-refractivity contribution in [2.24, 2.45) is 0 Å². The Hall–Kier alpha value is -1.50. The lowest BCUT2D eigenvalue weighted by Crippen LogP contribution is -1.85. The highest BCUT2D eigenvalue weighted by molar-refractivity contribution is 7.98. The van der Waals surface area contributed by atoms with E-state index in [4.69, 9.17) is 21.9 Å². The Morgan fingerprint density at radius 3 is 2.75 bits per heavy atom. The van der Waals surface area contributed by atoms with Crippen molar-refractivity contribution in [1.29, 1.82) is 0 Å². The van der Waals surface area contributed by atoms with Crippen LogP contribution >= 0.6 is 34.7 Å². The topological polar surface area (TPSA) is 64.9 Å². The summed E-state index contributed by atoms with van der Waals surface area (Å²) in [4.78, 5) is 5.46. The molecule has 7 heteroatoms. The molecule has 0 aliphatic carbocycles. The smallest absolute Gasteiger partial charge is 0.260 e. The van der Waals surface area contributed by atoms with Crippen molar-refractivity contribution in [2.45, 2.75) is 10.6 Å². The summed E-state index contributed by atoms with van der Waals surface area (Å²) in [6, 6.07) is 9.52. The van der Waals surface area contributed by atoms with E-state index in [0.717, 1.165) is 15.5 Å². The van der Waals surface area contributed by atoms with Crippen molar-refractivity contribution >= 4 is 39.7 Å². The van der Waals surface area contributed by atoms with Crippen molar-refractivity contribution in [3.8, 4) is 11.5 Å². The summed E-state index contributed by atoms with van der Waals surface area (Å²) >= 11 is 8.92. The molecule has 0 saturated carbocycles. The minimum absolute atomic E-state index is 0.468. The number of thioether (sulfide) groups is 1. The predicted octanol–water partition coefficient (Wildman–Crippen LogP) is 4.33. The van der Waals surface area contributed by atoms with E-state index in [9.17, 15) is 0 Å². The van der Waals surface area contributed by atoms with E-state index in [2.05, 4.69) is 10.1 Å². The lowest BCUT2D eigenvalue weighted by atomic mass is 10.3. The zero-order valence-electron chi connectivity index (χ0n) is 10.2. The predicted molar refractivity (Wildman–Crippen MR) is 83.0 cm³/mol. The van der Waals surface area contributed by atoms with E-state index in [1.807, 2.05) is 35.7 Å². The van der Waals surface area contributed by atoms with E-state index in [1.165, 1.54) is 11.3 Å². The van der Waals surface area contributed by atoms with E-state index in [-0.39, 0.29) is 0 Å². The van der Waals surface area contributed by atoms with E-state index < -0.39 is 0 Å². The average molecular weight is 324 g/mol. The molecule has 0 radical (unpaired) electrons. The van der Waals surface area contributed by atoms with Gasteiger partial charge in [0, 0.05) is 9.92 Å². The molecule has 0 aliphatic rings. The fourth-order valence-electron chi connectivity index (χ4n) is 1.60. The number of benzene rings is 1. The van der Waals surface area contributed by atoms with Gasteiger partial charge in [-0.3, -0.25) is 0 Å². The Morgan fingerprint density at radius 1 is 1.25 bits per heavy atom. The molecule has 3 aromatic rings. The summed E-state index contributed by atoms with van der Waals surface area (Å²) in [7, 11) is 0. The Kier molecular flexibility index (Phi) is 3.95. The van der Waals surface area contributed by atoms with Crippen LogP contribution in [0.5, 0.6) is 0 Å². The van der Waals surface area contributed by atoms with Gasteiger partial charge < -0.3 is 10.3 Å². The van der Waals surface area contributed by atoms with Crippen LogP contribution in [-0.4, -0.2) is 10.1 Å². The van der Waals surface area contributed by atoms with E-state index in [1.54, 1.807) is 11.8 Å². The Labute approximate surface area is 129 Å². The molecule has 0 saturated heterocycles. The number of nitrogens with zero attached hydrogens (tertiary/aromatic N) is 2. The third-order valence-electron chi connectivity index (χ3n) is 2.58. The first-order chi connectivity index (χ1) is 9.72. The second kappa shape index (κ2) is 5.87. The molecule has 0 atom stereocenters. The second-order valence-electron chi connectivity index (χ2n) is 3.96. The molecule has 0 spiro atoms. The van der Waals surface area contributed by atoms with Gasteiger partial charge in [0.05, 0.1) is 16.3 Å². The molecule has 2 N–H and O–H groups in total. The maximum absolute atomic E-state index is 5.84. The summed E-state index contributed by atoms with van der Waals surface area (Å²) in [5.41, 5.74) is 6.63. The van der Waals surface area contributed by atoms with Gasteiger partial charge in [0.2, 0.25) is 0 Å². The number of nitrogen functional groups attached to an aromatic ring is 1. The summed E-state index contributed by atoms with van der Waals surface area (Å²) in [6.07, 6.45) is 0. The van der Waals surface area contributed by atoms with Crippen LogP contribution in [0.4, 0.5) is 5.00 Å². The van der Waals surface area contributed by atoms with Gasteiger partial charge in [-0.25, -0.2) is 0 Å². The summed E-state index contributed by atoms with van der Waals surface area (Å²) in [6.45, 7) is 0. The lowest BCUT2D eigenvalue weighted by molar-refractivity contribution is 0.425. The largest absolute Gasteiger partial charge is 0.390 e. The van der Waals surface area contributed by atoms with Crippen LogP contribution in [-0.2, 0) is 5.75 Å². The summed E-state index contributed by atoms with van der Waals surface area (Å²) < 4.78 is 5.23. The van der Waals surface area contributed by atoms with Crippen molar-refractivity contribution in [2.75, 3.05) is 5.73 Å². The van der Waals surface area contributed by atoms with Crippen LogP contribution in [0.25, 0.3) is 11.5 Å². The SMILES string of the molecule is Nc1sccc1-c1nc(CSc2ccc(Cl)cc2)no1. The first kappa shape index (κ1) is 13.5. The molecule has 2 aromatic heterocycles. The van der Waals surface area contributed by atoms with E-state index in [0.29, 0.717) is 22.5 Å². The highest BCUT2D eigenvalue weighted by Gasteiger charge is 2.12. The molecule has 3 rings (SSSR count). The van der Waals surface area contributed by atoms with E-state index >= 15 is 0 Å². The average Bonchev–Trinajstić information content (AvgIpc) is 3.06. The first-order valence-electron chi connectivity index (χ1n) is 5.76. The minimum Gasteiger partial charge on any atom is -0.390 e. The third-order valence-corrected chi connectivity index (χ3v) is 4.58. The quantitative estimate of drug-likeness (QED) is 0.724. The first-order valence-corrected chi connectivity index (χ1v) is 8.01. The third kappa shape index (κ3) is 2.98. The Balaban J connectivity index is 1.69. The van der Waals surface area contributed by atoms with Gasteiger partial charge in [0.25, 0.3) is 5.89 Å². The number of hydrogen-bond donors (Lipinski definition) is 1. The zero-order valence-corrected chi connectivity index (χ0v) is 12.6. The van der Waals surface area contributed by atoms with Gasteiger partial charge in [-0.05, 0) is 35.7 Å². The summed E-state index contributed by atoms with van der Waals surface area (Å²) in [5.74, 6) is 1.75. The molecule has 4 nitrogen and oxygen atoms in total. The van der Waals surface area contributed by atoms with Gasteiger partial charge in [0.15, 0.2) is 5.82 Å². The fraction of sp³-hybridized carbons (Fsp3) is 0.0769. The summed E-state index contributed by atoms with van der Waals surface area (Å²) in [5, 5.41) is 7.27. The molecule has 0 fully saturated rings. The highest BCUT2D eigenvalue weighted by atomic mass is 35.5. The lowest BCUT2D eigenvalue weighted by Gasteiger charge is -1.97. The van der Waals surface area contributed by atoms with Crippen LogP contribution in [0.15, 0.2) is 45.1 Å². The van der Waals surface area contributed by atoms with Gasteiger partial charge in [-0.1, -0.05) is 16.8 Å². The maximum atomic E-state index is 5.84. The number of rotatable bonds is 4. The molecule has 0 amide bonds. The van der Waals surface area contributed by atoms with Crippen LogP contribution in [0, 0.1) is 0 Å². The van der Waals surface area contributed by atoms with Crippen molar-refractivity contribution in [1.82, 2.24) is 10.1 Å². The standard InChI is InChI=1S/C13H10ClN3OS2/c14-8-1-3-9(4-2-8)20-7-11-16-13(18-17-11)10-5-6-19-12(10)15/h1-6H,7,15H2.